The average Bonchev–Trinajstić information content (AvgIpc) is 4.22. The van der Waals surface area contributed by atoms with Crippen LogP contribution in [0.2, 0.25) is 0 Å². The average molecular weight is 1070 g/mol. The van der Waals surface area contributed by atoms with Crippen LogP contribution in [-0.4, -0.2) is 11.6 Å². The third-order valence-corrected chi connectivity index (χ3v) is 23.4. The third kappa shape index (κ3) is 10.2. The number of rotatable bonds is 25. The summed E-state index contributed by atoms with van der Waals surface area (Å²) in [4.78, 5) is 45.1. The van der Waals surface area contributed by atoms with Crippen molar-refractivity contribution < 1.29 is 9.59 Å². The molecule has 1 aliphatic carbocycles. The van der Waals surface area contributed by atoms with Gasteiger partial charge in [0, 0.05) is 91.2 Å². The molecule has 0 atom stereocenters. The Morgan fingerprint density at radius 2 is 0.886 bits per heavy atom. The number of unbranched alkanes of at least 4 members (excludes halogenated alkanes) is 12. The number of benzene rings is 1. The van der Waals surface area contributed by atoms with Gasteiger partial charge >= 0.3 is 0 Å². The molecule has 8 aromatic heterocycles. The predicted molar refractivity (Wildman–Crippen MR) is 316 cm³/mol. The summed E-state index contributed by atoms with van der Waals surface area (Å²) < 4.78 is 2.74. The van der Waals surface area contributed by atoms with E-state index in [9.17, 15) is 0 Å². The molecule has 1 aromatic carbocycles. The van der Waals surface area contributed by atoms with Crippen LogP contribution >= 0.6 is 90.7 Å². The Labute approximate surface area is 447 Å². The van der Waals surface area contributed by atoms with E-state index in [2.05, 4.69) is 99.1 Å². The first kappa shape index (κ1) is 50.2. The van der Waals surface area contributed by atoms with Gasteiger partial charge in [0.2, 0.25) is 0 Å². The summed E-state index contributed by atoms with van der Waals surface area (Å²) in [5.41, 5.74) is 5.47. The summed E-state index contributed by atoms with van der Waals surface area (Å²) in [6, 6.07) is 23.1. The van der Waals surface area contributed by atoms with Crippen LogP contribution in [0.1, 0.15) is 182 Å². The van der Waals surface area contributed by atoms with Gasteiger partial charge in [0.1, 0.15) is 0 Å². The van der Waals surface area contributed by atoms with Gasteiger partial charge in [-0.1, -0.05) is 111 Å². The van der Waals surface area contributed by atoms with Gasteiger partial charge < -0.3 is 0 Å². The normalized spacial score (nSPS) is 12.6. The Balaban J connectivity index is 1.08. The summed E-state index contributed by atoms with van der Waals surface area (Å²) in [5.74, 6) is 0.126. The quantitative estimate of drug-likeness (QED) is 0.0535. The second-order valence-corrected chi connectivity index (χ2v) is 27.6. The van der Waals surface area contributed by atoms with Gasteiger partial charge in [-0.25, -0.2) is 0 Å². The largest absolute Gasteiger partial charge is 0.288 e. The first-order chi connectivity index (χ1) is 34.4. The van der Waals surface area contributed by atoms with Crippen LogP contribution in [0.4, 0.5) is 0 Å². The van der Waals surface area contributed by atoms with Crippen molar-refractivity contribution in [1.29, 1.82) is 0 Å². The van der Waals surface area contributed by atoms with Crippen LogP contribution in [-0.2, 0) is 25.7 Å². The molecule has 0 aliphatic heterocycles. The minimum Gasteiger partial charge on any atom is -0.288 e. The van der Waals surface area contributed by atoms with Crippen LogP contribution in [0.5, 0.6) is 0 Å². The van der Waals surface area contributed by atoms with E-state index in [1.54, 1.807) is 45.3 Å². The Hall–Kier alpha value is -3.32. The maximum Gasteiger partial charge on any atom is 0.197 e. The SMILES string of the molecule is CCCCCCc1ccc(-c2c3cc(-c4ccc(-c5sc(-c6cccs6)c6c5C(=O)c5c(CCCCCC)sc(CCCCCC)c5C6=O)s4)sc3c(-c3ccc(CCCCCC)s3)c3ccsc23)s1. The zero-order valence-electron chi connectivity index (χ0n) is 41.2. The Bertz CT molecular complexity index is 3120. The molecule has 0 saturated carbocycles. The molecule has 0 radical (unpaired) electrons. The molecule has 0 saturated heterocycles. The summed E-state index contributed by atoms with van der Waals surface area (Å²) in [5, 5.41) is 7.09. The molecule has 8 heterocycles. The fraction of sp³-hybridized carbons (Fsp3) is 0.400. The molecule has 2 nitrogen and oxygen atoms in total. The molecule has 70 heavy (non-hydrogen) atoms. The molecule has 0 amide bonds. The van der Waals surface area contributed by atoms with Crippen molar-refractivity contribution >= 4 is 122 Å². The molecule has 364 valence electrons. The highest BCUT2D eigenvalue weighted by Gasteiger charge is 2.41. The third-order valence-electron chi connectivity index (χ3n) is 14.0. The fourth-order valence-electron chi connectivity index (χ4n) is 10.3. The first-order valence-electron chi connectivity index (χ1n) is 26.1. The van der Waals surface area contributed by atoms with E-state index < -0.39 is 0 Å². The molecule has 1 aliphatic rings. The minimum atomic E-state index is 0.0627. The van der Waals surface area contributed by atoms with Crippen molar-refractivity contribution in [2.24, 2.45) is 0 Å². The number of hydrogen-bond donors (Lipinski definition) is 0. The molecular formula is C60H64O2S8. The van der Waals surface area contributed by atoms with Gasteiger partial charge in [0.25, 0.3) is 0 Å². The number of ketones is 2. The monoisotopic (exact) mass is 1070 g/mol. The van der Waals surface area contributed by atoms with Gasteiger partial charge in [-0.05, 0) is 117 Å². The number of aryl methyl sites for hydroxylation is 4. The molecule has 0 fully saturated rings. The fourth-order valence-corrected chi connectivity index (χ4v) is 19.6. The van der Waals surface area contributed by atoms with E-state index >= 15 is 9.59 Å². The summed E-state index contributed by atoms with van der Waals surface area (Å²) in [6.45, 7) is 9.06. The van der Waals surface area contributed by atoms with Gasteiger partial charge in [0.15, 0.2) is 11.6 Å². The Morgan fingerprint density at radius 1 is 0.357 bits per heavy atom. The summed E-state index contributed by atoms with van der Waals surface area (Å²) in [7, 11) is 0. The van der Waals surface area contributed by atoms with Crippen molar-refractivity contribution in [3.8, 4) is 50.1 Å². The molecule has 0 unspecified atom stereocenters. The van der Waals surface area contributed by atoms with Crippen molar-refractivity contribution in [1.82, 2.24) is 0 Å². The maximum absolute atomic E-state index is 15.4. The van der Waals surface area contributed by atoms with Crippen LogP contribution in [0.3, 0.4) is 0 Å². The Kier molecular flexibility index (Phi) is 16.7. The second-order valence-electron chi connectivity index (χ2n) is 19.0. The molecule has 9 aromatic rings. The predicted octanol–water partition coefficient (Wildman–Crippen LogP) is 22.1. The maximum atomic E-state index is 15.4. The highest BCUT2D eigenvalue weighted by molar-refractivity contribution is 7.30. The lowest BCUT2D eigenvalue weighted by Gasteiger charge is -2.16. The van der Waals surface area contributed by atoms with E-state index in [1.807, 2.05) is 45.3 Å². The van der Waals surface area contributed by atoms with Crippen LogP contribution in [0.25, 0.3) is 70.3 Å². The lowest BCUT2D eigenvalue weighted by molar-refractivity contribution is 0.0980. The van der Waals surface area contributed by atoms with Crippen LogP contribution in [0.15, 0.2) is 71.4 Å². The van der Waals surface area contributed by atoms with Gasteiger partial charge in [-0.3, -0.25) is 9.59 Å². The number of carbonyl (C=O) groups is 2. The standard InChI is InChI=1S/C60H64O2S8/c1-5-9-13-17-22-37-27-29-44(65-37)49-39-33-35-64-57(39)50(45-30-28-38(66-45)23-18-14-10-6-2)40-36-48(69-58(40)49)41-31-32-47(67-41)60-54-53(59(70-60)46-26-21-34-63-46)55(61)51-42(24-19-15-11-7-3)68-43(52(51)56(54)62)25-20-16-12-8-4/h21,26-36H,5-20,22-25H2,1-4H3. The van der Waals surface area contributed by atoms with Gasteiger partial charge in [-0.2, -0.15) is 0 Å². The van der Waals surface area contributed by atoms with Crippen molar-refractivity contribution in [2.45, 2.75) is 156 Å². The summed E-state index contributed by atoms with van der Waals surface area (Å²) >= 11 is 14.6. The van der Waals surface area contributed by atoms with E-state index in [4.69, 9.17) is 0 Å². The molecule has 0 bridgehead atoms. The highest BCUT2D eigenvalue weighted by atomic mass is 32.1. The smallest absolute Gasteiger partial charge is 0.197 e. The van der Waals surface area contributed by atoms with Crippen molar-refractivity contribution in [2.75, 3.05) is 0 Å². The second kappa shape index (κ2) is 23.3. The number of hydrogen-bond acceptors (Lipinski definition) is 10. The Morgan fingerprint density at radius 3 is 1.44 bits per heavy atom. The van der Waals surface area contributed by atoms with Crippen molar-refractivity contribution in [3.63, 3.8) is 0 Å². The van der Waals surface area contributed by atoms with Gasteiger partial charge in [-0.15, -0.1) is 90.7 Å². The lowest BCUT2D eigenvalue weighted by Crippen LogP contribution is -2.21. The number of carbonyl (C=O) groups excluding carboxylic acids is 2. The molecular weight excluding hydrogens is 1010 g/mol. The molecule has 10 heteroatoms. The van der Waals surface area contributed by atoms with Gasteiger partial charge in [0.05, 0.1) is 20.9 Å². The first-order valence-corrected chi connectivity index (χ1v) is 32.8. The van der Waals surface area contributed by atoms with E-state index in [0.29, 0.717) is 11.1 Å². The van der Waals surface area contributed by atoms with E-state index in [1.165, 1.54) is 138 Å². The summed E-state index contributed by atoms with van der Waals surface area (Å²) in [6.07, 6.45) is 23.3. The van der Waals surface area contributed by atoms with Crippen molar-refractivity contribution in [3.05, 3.63) is 113 Å². The zero-order chi connectivity index (χ0) is 48.1. The van der Waals surface area contributed by atoms with E-state index in [0.717, 1.165) is 91.8 Å². The highest BCUT2D eigenvalue weighted by Crippen LogP contribution is 2.55. The zero-order valence-corrected chi connectivity index (χ0v) is 47.7. The number of thiophene rings is 8. The minimum absolute atomic E-state index is 0.0627. The lowest BCUT2D eigenvalue weighted by atomic mass is 9.83. The molecule has 0 spiro atoms. The topological polar surface area (TPSA) is 34.1 Å². The number of fused-ring (bicyclic) bond motifs is 4. The van der Waals surface area contributed by atoms with Crippen LogP contribution in [0, 0.1) is 0 Å². The molecule has 10 rings (SSSR count). The van der Waals surface area contributed by atoms with Crippen LogP contribution < -0.4 is 0 Å². The molecule has 0 N–H and O–H groups in total. The van der Waals surface area contributed by atoms with E-state index in [-0.39, 0.29) is 11.6 Å².